The van der Waals surface area contributed by atoms with Crippen LogP contribution in [-0.4, -0.2) is 4.98 Å². The van der Waals surface area contributed by atoms with Crippen molar-refractivity contribution in [3.05, 3.63) is 125 Å². The molecule has 2 aliphatic rings. The first kappa shape index (κ1) is 20.3. The Morgan fingerprint density at radius 2 is 1.46 bits per heavy atom. The van der Waals surface area contributed by atoms with Gasteiger partial charge in [-0.3, -0.25) is 0 Å². The molecular formula is C33H28N2. The number of benzene rings is 4. The summed E-state index contributed by atoms with van der Waals surface area (Å²) in [6.07, 6.45) is 4.59. The summed E-state index contributed by atoms with van der Waals surface area (Å²) in [6, 6.07) is 33.6. The third-order valence-corrected chi connectivity index (χ3v) is 7.63. The highest BCUT2D eigenvalue weighted by atomic mass is 15.2. The van der Waals surface area contributed by atoms with Crippen molar-refractivity contribution in [1.82, 2.24) is 4.98 Å². The number of anilines is 1. The van der Waals surface area contributed by atoms with E-state index >= 15 is 0 Å². The van der Waals surface area contributed by atoms with Crippen LogP contribution in [-0.2, 0) is 5.41 Å². The van der Waals surface area contributed by atoms with E-state index < -0.39 is 0 Å². The first-order chi connectivity index (χ1) is 17.0. The fourth-order valence-electron chi connectivity index (χ4n) is 5.89. The summed E-state index contributed by atoms with van der Waals surface area (Å²) in [7, 11) is 0. The number of hydrogen-bond acceptors (Lipinski definition) is 1. The van der Waals surface area contributed by atoms with Crippen LogP contribution in [0.25, 0.3) is 33.8 Å². The van der Waals surface area contributed by atoms with Gasteiger partial charge < -0.3 is 9.88 Å². The van der Waals surface area contributed by atoms with E-state index in [2.05, 4.69) is 134 Å². The maximum absolute atomic E-state index is 3.57. The lowest BCUT2D eigenvalue weighted by Gasteiger charge is -2.40. The molecule has 1 unspecified atom stereocenters. The van der Waals surface area contributed by atoms with E-state index in [0.29, 0.717) is 0 Å². The van der Waals surface area contributed by atoms with Crippen LogP contribution in [0.2, 0.25) is 0 Å². The van der Waals surface area contributed by atoms with Crippen molar-refractivity contribution in [2.45, 2.75) is 32.2 Å². The first-order valence-electron chi connectivity index (χ1n) is 12.4. The Bertz CT molecular complexity index is 1630. The molecule has 0 aliphatic carbocycles. The zero-order chi connectivity index (χ0) is 23.7. The van der Waals surface area contributed by atoms with Crippen LogP contribution in [0, 0.1) is 0 Å². The van der Waals surface area contributed by atoms with E-state index in [1.165, 1.54) is 61.2 Å². The lowest BCUT2D eigenvalue weighted by Crippen LogP contribution is -2.31. The highest BCUT2D eigenvalue weighted by Gasteiger charge is 2.37. The first-order valence-corrected chi connectivity index (χ1v) is 12.4. The van der Waals surface area contributed by atoms with Gasteiger partial charge in [-0.15, -0.1) is 0 Å². The number of hydrogen-bond donors (Lipinski definition) is 1. The zero-order valence-corrected chi connectivity index (χ0v) is 20.3. The maximum Gasteiger partial charge on any atom is 0.0871 e. The molecule has 0 spiro atoms. The summed E-state index contributed by atoms with van der Waals surface area (Å²) in [4.78, 5) is 6.14. The third kappa shape index (κ3) is 2.96. The van der Waals surface area contributed by atoms with Crippen LogP contribution in [0.1, 0.15) is 54.6 Å². The minimum atomic E-state index is 0.0899. The molecule has 170 valence electrons. The van der Waals surface area contributed by atoms with Gasteiger partial charge in [0.15, 0.2) is 0 Å². The van der Waals surface area contributed by atoms with Gasteiger partial charge in [-0.25, -0.2) is 0 Å². The summed E-state index contributed by atoms with van der Waals surface area (Å²) in [5.41, 5.74) is 12.9. The second-order valence-electron chi connectivity index (χ2n) is 10.7. The Kier molecular flexibility index (Phi) is 4.20. The van der Waals surface area contributed by atoms with Gasteiger partial charge >= 0.3 is 0 Å². The lowest BCUT2D eigenvalue weighted by atomic mass is 9.85. The van der Waals surface area contributed by atoms with Crippen LogP contribution in [0.15, 0.2) is 97.2 Å². The second kappa shape index (κ2) is 7.23. The summed E-state index contributed by atoms with van der Waals surface area (Å²) in [5.74, 6) is 0. The van der Waals surface area contributed by atoms with E-state index in [0.717, 1.165) is 0 Å². The number of rotatable bonds is 1. The predicted octanol–water partition coefficient (Wildman–Crippen LogP) is 8.55. The largest absolute Gasteiger partial charge is 0.361 e. The molecule has 0 saturated carbocycles. The van der Waals surface area contributed by atoms with Gasteiger partial charge in [0.05, 0.1) is 6.04 Å². The Morgan fingerprint density at radius 3 is 2.29 bits per heavy atom. The number of aromatic nitrogens is 1. The van der Waals surface area contributed by atoms with Gasteiger partial charge in [0.1, 0.15) is 0 Å². The number of nitrogens with one attached hydrogen (secondary N) is 1. The van der Waals surface area contributed by atoms with Crippen LogP contribution in [0.5, 0.6) is 0 Å². The van der Waals surface area contributed by atoms with Crippen LogP contribution in [0.4, 0.5) is 5.69 Å². The minimum Gasteiger partial charge on any atom is -0.361 e. The molecule has 3 heterocycles. The molecule has 2 nitrogen and oxygen atoms in total. The zero-order valence-electron chi connectivity index (χ0n) is 20.3. The summed E-state index contributed by atoms with van der Waals surface area (Å²) < 4.78 is 0. The average Bonchev–Trinajstić information content (AvgIpc) is 3.26. The van der Waals surface area contributed by atoms with Crippen molar-refractivity contribution < 1.29 is 0 Å². The van der Waals surface area contributed by atoms with E-state index in [9.17, 15) is 0 Å². The van der Waals surface area contributed by atoms with Crippen LogP contribution < -0.4 is 4.90 Å². The summed E-state index contributed by atoms with van der Waals surface area (Å²) >= 11 is 0. The second-order valence-corrected chi connectivity index (χ2v) is 10.7. The maximum atomic E-state index is 3.57. The van der Waals surface area contributed by atoms with Crippen molar-refractivity contribution in [3.8, 4) is 11.1 Å². The highest BCUT2D eigenvalue weighted by molar-refractivity contribution is 6.07. The Hall–Kier alpha value is -4.04. The predicted molar refractivity (Wildman–Crippen MR) is 148 cm³/mol. The molecule has 35 heavy (non-hydrogen) atoms. The highest BCUT2D eigenvalue weighted by Crippen LogP contribution is 2.53. The monoisotopic (exact) mass is 452 g/mol. The molecule has 0 bridgehead atoms. The molecule has 2 heteroatoms. The number of fused-ring (bicyclic) bond motifs is 7. The van der Waals surface area contributed by atoms with E-state index in [1.807, 2.05) is 0 Å². The van der Waals surface area contributed by atoms with Crippen molar-refractivity contribution in [3.63, 3.8) is 0 Å². The fraction of sp³-hybridized carbons (Fsp3) is 0.152. The van der Waals surface area contributed by atoms with Gasteiger partial charge in [0, 0.05) is 39.6 Å². The van der Waals surface area contributed by atoms with Crippen LogP contribution in [0.3, 0.4) is 0 Å². The number of H-pyrrole nitrogens is 1. The van der Waals surface area contributed by atoms with Crippen molar-refractivity contribution >= 4 is 28.4 Å². The molecule has 0 fully saturated rings. The van der Waals surface area contributed by atoms with E-state index in [-0.39, 0.29) is 11.5 Å². The molecule has 1 atom stereocenters. The lowest BCUT2D eigenvalue weighted by molar-refractivity contribution is 0.590. The fourth-order valence-corrected chi connectivity index (χ4v) is 5.89. The summed E-state index contributed by atoms with van der Waals surface area (Å²) in [5, 5.41) is 1.33. The van der Waals surface area contributed by atoms with Gasteiger partial charge in [-0.1, -0.05) is 99.6 Å². The normalized spacial score (nSPS) is 16.3. The Balaban J connectivity index is 1.55. The smallest absolute Gasteiger partial charge is 0.0871 e. The molecule has 5 aromatic rings. The molecule has 1 N–H and O–H groups in total. The molecule has 0 saturated heterocycles. The third-order valence-electron chi connectivity index (χ3n) is 7.63. The van der Waals surface area contributed by atoms with Crippen molar-refractivity contribution in [2.75, 3.05) is 4.90 Å². The van der Waals surface area contributed by atoms with Gasteiger partial charge in [-0.05, 0) is 51.4 Å². The molecule has 0 radical (unpaired) electrons. The number of aromatic amines is 1. The Labute approximate surface area is 206 Å². The SMILES string of the molecule is CC(C)(C)c1ccc(C2=Cc3ccccc3C3c4c[nH]c5cccc(c45)-c4ccccc4N23)cc1. The number of nitrogens with zero attached hydrogens (tertiary/aromatic N) is 1. The van der Waals surface area contributed by atoms with Gasteiger partial charge in [0.25, 0.3) is 0 Å². The van der Waals surface area contributed by atoms with Gasteiger partial charge in [-0.2, -0.15) is 0 Å². The molecule has 0 amide bonds. The molecule has 4 aromatic carbocycles. The van der Waals surface area contributed by atoms with E-state index in [4.69, 9.17) is 0 Å². The quantitative estimate of drug-likeness (QED) is 0.270. The minimum absolute atomic E-state index is 0.0899. The topological polar surface area (TPSA) is 19.0 Å². The standard InChI is InChI=1S/C33H28N2/c1-33(2,3)23-17-15-21(16-18-23)30-19-22-9-4-5-10-24(22)32-27-20-34-28-13-8-12-26(31(27)28)25-11-6-7-14-29(25)35(30)32/h4-20,32,34H,1-3H3. The molecule has 1 aromatic heterocycles. The average molecular weight is 453 g/mol. The molecule has 7 rings (SSSR count). The van der Waals surface area contributed by atoms with E-state index in [1.54, 1.807) is 0 Å². The van der Waals surface area contributed by atoms with Crippen LogP contribution >= 0.6 is 0 Å². The molecule has 2 aliphatic heterocycles. The Morgan fingerprint density at radius 1 is 0.714 bits per heavy atom. The van der Waals surface area contributed by atoms with Crippen molar-refractivity contribution in [1.29, 1.82) is 0 Å². The molecular weight excluding hydrogens is 424 g/mol. The van der Waals surface area contributed by atoms with Gasteiger partial charge in [0.2, 0.25) is 0 Å². The van der Waals surface area contributed by atoms with Crippen molar-refractivity contribution in [2.24, 2.45) is 0 Å². The summed E-state index contributed by atoms with van der Waals surface area (Å²) in [6.45, 7) is 6.81. The number of para-hydroxylation sites is 1.